The van der Waals surface area contributed by atoms with E-state index in [1.54, 1.807) is 12.1 Å². The Morgan fingerprint density at radius 3 is 2.80 bits per heavy atom. The molecular formula is C22H34ClFN4O2. The van der Waals surface area contributed by atoms with Gasteiger partial charge in [0.05, 0.1) is 31.4 Å². The number of nitrogens with zero attached hydrogens (tertiary/aromatic N) is 2. The predicted octanol–water partition coefficient (Wildman–Crippen LogP) is 3.10. The number of guanidine groups is 1. The number of nitrogens with one attached hydrogen (secondary N) is 2. The van der Waals surface area contributed by atoms with Gasteiger partial charge in [-0.1, -0.05) is 17.7 Å². The van der Waals surface area contributed by atoms with Gasteiger partial charge in [-0.15, -0.1) is 0 Å². The number of rotatable bonds is 6. The summed E-state index contributed by atoms with van der Waals surface area (Å²) in [6.07, 6.45) is 3.31. The van der Waals surface area contributed by atoms with E-state index in [1.807, 2.05) is 13.8 Å². The third kappa shape index (κ3) is 6.30. The molecule has 1 aromatic carbocycles. The van der Waals surface area contributed by atoms with E-state index < -0.39 is 0 Å². The molecule has 1 heterocycles. The van der Waals surface area contributed by atoms with Gasteiger partial charge in [-0.05, 0) is 51.7 Å². The van der Waals surface area contributed by atoms with Crippen LogP contribution >= 0.6 is 11.6 Å². The Kier molecular flexibility index (Phi) is 8.74. The Hall–Kier alpha value is -1.41. The van der Waals surface area contributed by atoms with Gasteiger partial charge in [0, 0.05) is 36.3 Å². The average Bonchev–Trinajstić information content (AvgIpc) is 2.72. The predicted molar refractivity (Wildman–Crippen MR) is 119 cm³/mol. The van der Waals surface area contributed by atoms with Crippen molar-refractivity contribution in [3.05, 3.63) is 34.6 Å². The highest BCUT2D eigenvalue weighted by molar-refractivity contribution is 6.31. The number of benzene rings is 1. The molecule has 2 unspecified atom stereocenters. The highest BCUT2D eigenvalue weighted by Crippen LogP contribution is 2.31. The first kappa shape index (κ1) is 23.3. The van der Waals surface area contributed by atoms with Crippen LogP contribution in [0.15, 0.2) is 23.2 Å². The number of ether oxygens (including phenoxy) is 1. The zero-order valence-electron chi connectivity index (χ0n) is 17.9. The first-order chi connectivity index (χ1) is 14.5. The normalized spacial score (nSPS) is 27.0. The van der Waals surface area contributed by atoms with Crippen LogP contribution in [-0.4, -0.2) is 67.0 Å². The maximum absolute atomic E-state index is 14.8. The van der Waals surface area contributed by atoms with Gasteiger partial charge in [-0.2, -0.15) is 0 Å². The van der Waals surface area contributed by atoms with E-state index in [9.17, 15) is 9.50 Å². The third-order valence-electron chi connectivity index (χ3n) is 5.85. The van der Waals surface area contributed by atoms with Crippen LogP contribution in [0.25, 0.3) is 0 Å². The van der Waals surface area contributed by atoms with Crippen molar-refractivity contribution in [1.82, 2.24) is 15.5 Å². The lowest BCUT2D eigenvalue weighted by molar-refractivity contribution is -0.0336. The highest BCUT2D eigenvalue weighted by atomic mass is 35.5. The summed E-state index contributed by atoms with van der Waals surface area (Å²) in [6, 6.07) is 4.83. The summed E-state index contributed by atoms with van der Waals surface area (Å²) < 4.78 is 20.5. The summed E-state index contributed by atoms with van der Waals surface area (Å²) in [5, 5.41) is 16.9. The van der Waals surface area contributed by atoms with E-state index in [1.165, 1.54) is 6.07 Å². The van der Waals surface area contributed by atoms with Crippen LogP contribution < -0.4 is 10.6 Å². The van der Waals surface area contributed by atoms with Gasteiger partial charge in [-0.25, -0.2) is 4.39 Å². The number of aliphatic hydroxyl groups is 1. The number of halogens is 2. The molecule has 2 atom stereocenters. The zero-order valence-corrected chi connectivity index (χ0v) is 18.7. The fraction of sp³-hybridized carbons (Fsp3) is 0.682. The molecule has 30 heavy (non-hydrogen) atoms. The summed E-state index contributed by atoms with van der Waals surface area (Å²) in [6.45, 7) is 7.19. The molecule has 0 radical (unpaired) electrons. The van der Waals surface area contributed by atoms with E-state index in [0.717, 1.165) is 38.2 Å². The average molecular weight is 441 g/mol. The van der Waals surface area contributed by atoms with Crippen LogP contribution in [-0.2, 0) is 4.74 Å². The van der Waals surface area contributed by atoms with Crippen LogP contribution in [0.2, 0.25) is 5.02 Å². The number of hydrogen-bond acceptors (Lipinski definition) is 4. The maximum Gasteiger partial charge on any atom is 0.191 e. The molecular weight excluding hydrogens is 407 g/mol. The zero-order chi connectivity index (χ0) is 21.5. The molecule has 1 aliphatic heterocycles. The lowest BCUT2D eigenvalue weighted by Crippen LogP contribution is -2.47. The summed E-state index contributed by atoms with van der Waals surface area (Å²) in [5.41, 5.74) is 0.494. The van der Waals surface area contributed by atoms with Crippen molar-refractivity contribution in [2.24, 2.45) is 4.99 Å². The lowest BCUT2D eigenvalue weighted by Gasteiger charge is -2.37. The fourth-order valence-electron chi connectivity index (χ4n) is 4.26. The number of hydrogen-bond donors (Lipinski definition) is 3. The lowest BCUT2D eigenvalue weighted by atomic mass is 9.93. The molecule has 0 bridgehead atoms. The Balaban J connectivity index is 1.79. The smallest absolute Gasteiger partial charge is 0.191 e. The minimum atomic E-state index is -0.305. The van der Waals surface area contributed by atoms with Crippen LogP contribution in [0.1, 0.15) is 51.1 Å². The second kappa shape index (κ2) is 11.3. The van der Waals surface area contributed by atoms with Gasteiger partial charge in [0.2, 0.25) is 0 Å². The molecule has 3 N–H and O–H groups in total. The monoisotopic (exact) mass is 440 g/mol. The van der Waals surface area contributed by atoms with E-state index in [2.05, 4.69) is 15.5 Å². The quantitative estimate of drug-likeness (QED) is 0.468. The van der Waals surface area contributed by atoms with Crippen LogP contribution in [0.5, 0.6) is 0 Å². The molecule has 3 rings (SSSR count). The van der Waals surface area contributed by atoms with E-state index >= 15 is 0 Å². The summed E-state index contributed by atoms with van der Waals surface area (Å²) in [7, 11) is 0. The standard InChI is InChI=1S/C22H34ClFN4O2/c1-3-25-22(27-16-7-9-17(29)10-8-16)26-13-20(28-11-12-30-15(2)14-28)21-18(23)5-4-6-19(21)24/h4-6,15-17,20,29H,3,7-14H2,1-2H3,(H2,25,26,27). The molecule has 1 aromatic rings. The van der Waals surface area contributed by atoms with Gasteiger partial charge in [-0.3, -0.25) is 9.89 Å². The first-order valence-electron chi connectivity index (χ1n) is 11.0. The SMILES string of the molecule is CCNC(=NCC(c1c(F)cccc1Cl)N1CCOC(C)C1)NC1CCC(O)CC1. The maximum atomic E-state index is 14.8. The number of morpholine rings is 1. The van der Waals surface area contributed by atoms with Gasteiger partial charge < -0.3 is 20.5 Å². The Labute approximate surface area is 183 Å². The van der Waals surface area contributed by atoms with Crippen molar-refractivity contribution in [1.29, 1.82) is 0 Å². The third-order valence-corrected chi connectivity index (χ3v) is 6.18. The molecule has 168 valence electrons. The topological polar surface area (TPSA) is 69.1 Å². The van der Waals surface area contributed by atoms with E-state index in [4.69, 9.17) is 21.3 Å². The largest absolute Gasteiger partial charge is 0.393 e. The molecule has 8 heteroatoms. The van der Waals surface area contributed by atoms with Crippen LogP contribution in [0.4, 0.5) is 4.39 Å². The van der Waals surface area contributed by atoms with E-state index in [-0.39, 0.29) is 30.1 Å². The molecule has 2 fully saturated rings. The van der Waals surface area contributed by atoms with Crippen molar-refractivity contribution in [3.8, 4) is 0 Å². The van der Waals surface area contributed by atoms with Gasteiger partial charge in [0.25, 0.3) is 0 Å². The Bertz CT molecular complexity index is 692. The molecule has 0 spiro atoms. The summed E-state index contributed by atoms with van der Waals surface area (Å²) in [5.74, 6) is 0.415. The molecule has 1 saturated heterocycles. The molecule has 0 aromatic heterocycles. The van der Waals surface area contributed by atoms with Crippen molar-refractivity contribution in [2.75, 3.05) is 32.8 Å². The van der Waals surface area contributed by atoms with Gasteiger partial charge in [0.1, 0.15) is 5.82 Å². The summed E-state index contributed by atoms with van der Waals surface area (Å²) >= 11 is 6.42. The molecule has 1 aliphatic carbocycles. The summed E-state index contributed by atoms with van der Waals surface area (Å²) in [4.78, 5) is 7.02. The van der Waals surface area contributed by atoms with Crippen molar-refractivity contribution in [3.63, 3.8) is 0 Å². The number of aliphatic hydroxyl groups excluding tert-OH is 1. The minimum absolute atomic E-state index is 0.0795. The van der Waals surface area contributed by atoms with Crippen molar-refractivity contribution < 1.29 is 14.2 Å². The Morgan fingerprint density at radius 2 is 2.13 bits per heavy atom. The molecule has 0 amide bonds. The van der Waals surface area contributed by atoms with Crippen LogP contribution in [0, 0.1) is 5.82 Å². The van der Waals surface area contributed by atoms with Gasteiger partial charge >= 0.3 is 0 Å². The first-order valence-corrected chi connectivity index (χ1v) is 11.4. The fourth-order valence-corrected chi connectivity index (χ4v) is 4.55. The highest BCUT2D eigenvalue weighted by Gasteiger charge is 2.29. The minimum Gasteiger partial charge on any atom is -0.393 e. The molecule has 1 saturated carbocycles. The second-order valence-corrected chi connectivity index (χ2v) is 8.60. The Morgan fingerprint density at radius 1 is 1.37 bits per heavy atom. The van der Waals surface area contributed by atoms with Crippen LogP contribution in [0.3, 0.4) is 0 Å². The number of aliphatic imine (C=N–C) groups is 1. The van der Waals surface area contributed by atoms with Gasteiger partial charge in [0.15, 0.2) is 5.96 Å². The van der Waals surface area contributed by atoms with Crippen molar-refractivity contribution in [2.45, 2.75) is 63.8 Å². The second-order valence-electron chi connectivity index (χ2n) is 8.20. The van der Waals surface area contributed by atoms with Crippen molar-refractivity contribution >= 4 is 17.6 Å². The molecule has 6 nitrogen and oxygen atoms in total. The van der Waals surface area contributed by atoms with E-state index in [0.29, 0.717) is 36.8 Å². The molecule has 2 aliphatic rings.